The molecule has 140 valence electrons. The van der Waals surface area contributed by atoms with Crippen LogP contribution in [0.25, 0.3) is 10.8 Å². The average molecular weight is 365 g/mol. The number of fused-ring (bicyclic) bond motifs is 1. The first-order valence-electron chi connectivity index (χ1n) is 9.04. The minimum atomic E-state index is -0.159. The first-order valence-corrected chi connectivity index (χ1v) is 9.04. The van der Waals surface area contributed by atoms with Crippen LogP contribution in [-0.2, 0) is 18.3 Å². The largest absolute Gasteiger partial charge is 0.343 e. The second-order valence-electron chi connectivity index (χ2n) is 7.04. The van der Waals surface area contributed by atoms with Crippen molar-refractivity contribution in [2.75, 3.05) is 20.6 Å². The summed E-state index contributed by atoms with van der Waals surface area (Å²) in [6, 6.07) is 17.2. The van der Waals surface area contributed by atoms with Crippen molar-refractivity contribution in [3.8, 4) is 0 Å². The third-order valence-corrected chi connectivity index (χ3v) is 4.51. The number of amides is 1. The van der Waals surface area contributed by atoms with E-state index in [0.29, 0.717) is 11.1 Å². The van der Waals surface area contributed by atoms with Gasteiger partial charge in [-0.2, -0.15) is 5.10 Å². The van der Waals surface area contributed by atoms with Crippen LogP contribution >= 0.6 is 0 Å². The number of aryl methyl sites for hydroxylation is 1. The molecule has 1 amide bonds. The first kappa shape index (κ1) is 18.8. The number of carbonyl (C=O) groups excluding carboxylic acids is 1. The van der Waals surface area contributed by atoms with Gasteiger partial charge in [0.05, 0.1) is 31.6 Å². The number of benzene rings is 2. The number of nitrogens with zero attached hydrogens (tertiary/aromatic N) is 2. The lowest BCUT2D eigenvalue weighted by Crippen LogP contribution is -3.06. The Bertz CT molecular complexity index is 996. The fraction of sp³-hybridized carbons (Fsp3) is 0.286. The van der Waals surface area contributed by atoms with E-state index in [1.807, 2.05) is 48.5 Å². The molecule has 0 bridgehead atoms. The summed E-state index contributed by atoms with van der Waals surface area (Å²) in [6.45, 7) is 0.775. The Morgan fingerprint density at radius 3 is 2.37 bits per heavy atom. The van der Waals surface area contributed by atoms with Gasteiger partial charge in [0.1, 0.15) is 12.6 Å². The number of hydrogen-bond donors (Lipinski definition) is 2. The zero-order valence-corrected chi connectivity index (χ0v) is 15.9. The lowest BCUT2D eigenvalue weighted by atomic mass is 10.1. The van der Waals surface area contributed by atoms with Crippen LogP contribution in [0, 0.1) is 0 Å². The predicted octanol–water partition coefficient (Wildman–Crippen LogP) is 0.478. The Labute approximate surface area is 158 Å². The van der Waals surface area contributed by atoms with E-state index >= 15 is 0 Å². The van der Waals surface area contributed by atoms with Crippen molar-refractivity contribution in [3.63, 3.8) is 0 Å². The van der Waals surface area contributed by atoms with Crippen LogP contribution in [0.15, 0.2) is 59.4 Å². The van der Waals surface area contributed by atoms with E-state index in [1.54, 1.807) is 13.1 Å². The minimum absolute atomic E-state index is 0.0810. The van der Waals surface area contributed by atoms with Crippen LogP contribution in [0.3, 0.4) is 0 Å². The molecule has 0 saturated heterocycles. The molecule has 0 saturated carbocycles. The third kappa shape index (κ3) is 4.41. The van der Waals surface area contributed by atoms with Crippen molar-refractivity contribution in [3.05, 3.63) is 76.2 Å². The molecule has 0 spiro atoms. The standard InChI is InChI=1S/C21H24N4O2/c1-24(2)14-19(15-9-5-4-6-10-15)22-20(26)13-18-16-11-7-8-12-17(16)21(27)25(3)23-18/h4-12,19H,13-14H2,1-3H3,(H,22,26)/p+1/t19-/m0/s1. The van der Waals surface area contributed by atoms with Crippen molar-refractivity contribution >= 4 is 16.7 Å². The molecular weight excluding hydrogens is 340 g/mol. The number of aromatic nitrogens is 2. The summed E-state index contributed by atoms with van der Waals surface area (Å²) in [5.41, 5.74) is 1.52. The minimum Gasteiger partial charge on any atom is -0.343 e. The average Bonchev–Trinajstić information content (AvgIpc) is 2.66. The number of rotatable bonds is 6. The van der Waals surface area contributed by atoms with E-state index in [-0.39, 0.29) is 23.9 Å². The molecule has 6 heteroatoms. The van der Waals surface area contributed by atoms with Gasteiger partial charge in [0.15, 0.2) is 0 Å². The topological polar surface area (TPSA) is 68.4 Å². The molecule has 2 aromatic carbocycles. The Morgan fingerprint density at radius 2 is 1.70 bits per heavy atom. The smallest absolute Gasteiger partial charge is 0.274 e. The van der Waals surface area contributed by atoms with E-state index in [2.05, 4.69) is 24.5 Å². The SMILES string of the molecule is Cn1nc(CC(=O)N[C@@H](C[NH+](C)C)c2ccccc2)c2ccccc2c1=O. The Hall–Kier alpha value is -2.99. The fourth-order valence-corrected chi connectivity index (χ4v) is 3.25. The van der Waals surface area contributed by atoms with Gasteiger partial charge in [0, 0.05) is 12.4 Å². The van der Waals surface area contributed by atoms with Gasteiger partial charge in [-0.05, 0) is 11.6 Å². The zero-order valence-electron chi connectivity index (χ0n) is 15.9. The normalized spacial score (nSPS) is 12.3. The maximum absolute atomic E-state index is 12.8. The number of likely N-dealkylation sites (N-methyl/N-ethyl adjacent to an activating group) is 1. The van der Waals surface area contributed by atoms with Crippen molar-refractivity contribution in [1.82, 2.24) is 15.1 Å². The van der Waals surface area contributed by atoms with Gasteiger partial charge in [-0.15, -0.1) is 0 Å². The van der Waals surface area contributed by atoms with E-state index < -0.39 is 0 Å². The molecule has 0 aliphatic carbocycles. The molecule has 3 rings (SSSR count). The van der Waals surface area contributed by atoms with Crippen LogP contribution in [0.2, 0.25) is 0 Å². The highest BCUT2D eigenvalue weighted by Crippen LogP contribution is 2.15. The van der Waals surface area contributed by atoms with Crippen LogP contribution in [0.5, 0.6) is 0 Å². The fourth-order valence-electron chi connectivity index (χ4n) is 3.25. The van der Waals surface area contributed by atoms with Crippen molar-refractivity contribution in [1.29, 1.82) is 0 Å². The third-order valence-electron chi connectivity index (χ3n) is 4.51. The number of quaternary nitrogens is 1. The Balaban J connectivity index is 1.85. The van der Waals surface area contributed by atoms with Gasteiger partial charge in [0.25, 0.3) is 5.56 Å². The molecule has 2 N–H and O–H groups in total. The molecule has 0 unspecified atom stereocenters. The molecule has 6 nitrogen and oxygen atoms in total. The summed E-state index contributed by atoms with van der Waals surface area (Å²) in [5, 5.41) is 8.75. The molecule has 1 aromatic heterocycles. The monoisotopic (exact) mass is 365 g/mol. The van der Waals surface area contributed by atoms with Gasteiger partial charge < -0.3 is 10.2 Å². The van der Waals surface area contributed by atoms with E-state index in [4.69, 9.17) is 0 Å². The second kappa shape index (κ2) is 8.14. The summed E-state index contributed by atoms with van der Waals surface area (Å²) in [4.78, 5) is 26.3. The Morgan fingerprint density at radius 1 is 1.07 bits per heavy atom. The summed E-state index contributed by atoms with van der Waals surface area (Å²) in [5.74, 6) is -0.110. The lowest BCUT2D eigenvalue weighted by molar-refractivity contribution is -0.860. The first-order chi connectivity index (χ1) is 13.0. The van der Waals surface area contributed by atoms with Gasteiger partial charge in [-0.3, -0.25) is 9.59 Å². The molecule has 0 fully saturated rings. The van der Waals surface area contributed by atoms with Gasteiger partial charge in [0.2, 0.25) is 5.91 Å². The van der Waals surface area contributed by atoms with E-state index in [9.17, 15) is 9.59 Å². The predicted molar refractivity (Wildman–Crippen MR) is 106 cm³/mol. The van der Waals surface area contributed by atoms with Crippen LogP contribution in [0.4, 0.5) is 0 Å². The molecule has 0 aliphatic rings. The summed E-state index contributed by atoms with van der Waals surface area (Å²) >= 11 is 0. The zero-order chi connectivity index (χ0) is 19.4. The second-order valence-corrected chi connectivity index (χ2v) is 7.04. The molecule has 0 radical (unpaired) electrons. The van der Waals surface area contributed by atoms with Crippen LogP contribution in [0.1, 0.15) is 17.3 Å². The molecule has 1 heterocycles. The highest BCUT2D eigenvalue weighted by atomic mass is 16.2. The van der Waals surface area contributed by atoms with Crippen molar-refractivity contribution in [2.24, 2.45) is 7.05 Å². The van der Waals surface area contributed by atoms with Crippen molar-refractivity contribution in [2.45, 2.75) is 12.5 Å². The van der Waals surface area contributed by atoms with Gasteiger partial charge in [-0.1, -0.05) is 48.5 Å². The number of nitrogens with one attached hydrogen (secondary N) is 2. The van der Waals surface area contributed by atoms with Crippen LogP contribution in [-0.4, -0.2) is 36.3 Å². The molecule has 0 aliphatic heterocycles. The number of carbonyl (C=O) groups is 1. The molecular formula is C21H25N4O2+. The highest BCUT2D eigenvalue weighted by molar-refractivity contribution is 5.88. The van der Waals surface area contributed by atoms with E-state index in [0.717, 1.165) is 17.5 Å². The Kier molecular flexibility index (Phi) is 5.66. The lowest BCUT2D eigenvalue weighted by Gasteiger charge is -2.21. The molecule has 1 atom stereocenters. The molecule has 3 aromatic rings. The van der Waals surface area contributed by atoms with Crippen LogP contribution < -0.4 is 15.8 Å². The van der Waals surface area contributed by atoms with Gasteiger partial charge in [-0.25, -0.2) is 4.68 Å². The highest BCUT2D eigenvalue weighted by Gasteiger charge is 2.19. The summed E-state index contributed by atoms with van der Waals surface area (Å²) < 4.78 is 1.30. The maximum atomic E-state index is 12.8. The molecule has 27 heavy (non-hydrogen) atoms. The summed E-state index contributed by atoms with van der Waals surface area (Å²) in [7, 11) is 5.73. The van der Waals surface area contributed by atoms with Gasteiger partial charge >= 0.3 is 0 Å². The number of hydrogen-bond acceptors (Lipinski definition) is 3. The van der Waals surface area contributed by atoms with Crippen molar-refractivity contribution < 1.29 is 9.69 Å². The van der Waals surface area contributed by atoms with E-state index in [1.165, 1.54) is 9.58 Å². The quantitative estimate of drug-likeness (QED) is 0.668. The summed E-state index contributed by atoms with van der Waals surface area (Å²) in [6.07, 6.45) is 0.126. The maximum Gasteiger partial charge on any atom is 0.274 e.